The highest BCUT2D eigenvalue weighted by Crippen LogP contribution is 2.25. The Balaban J connectivity index is 2.85. The lowest BCUT2D eigenvalue weighted by Gasteiger charge is -2.14. The molecular formula is C13H20N4O4. The molecule has 116 valence electrons. The molecule has 0 spiro atoms. The average Bonchev–Trinajstić information content (AvgIpc) is 2.42. The Labute approximate surface area is 122 Å². The molecule has 0 aliphatic rings. The second kappa shape index (κ2) is 7.53. The number of carbonyl (C=O) groups is 1. The summed E-state index contributed by atoms with van der Waals surface area (Å²) in [5, 5.41) is 25.6. The summed E-state index contributed by atoms with van der Waals surface area (Å²) in [6.45, 7) is 3.89. The SMILES string of the molecule is CNc1nccc(C(=O)NC[C@H](C)C[C@H](C)O)c1[N+](=O)[O-]. The van der Waals surface area contributed by atoms with Crippen LogP contribution in [0.4, 0.5) is 11.5 Å². The van der Waals surface area contributed by atoms with E-state index >= 15 is 0 Å². The first-order valence-corrected chi connectivity index (χ1v) is 6.64. The van der Waals surface area contributed by atoms with Crippen molar-refractivity contribution in [3.05, 3.63) is 27.9 Å². The lowest BCUT2D eigenvalue weighted by Crippen LogP contribution is -2.30. The molecule has 0 aromatic carbocycles. The maximum Gasteiger partial charge on any atom is 0.324 e. The van der Waals surface area contributed by atoms with Crippen molar-refractivity contribution in [1.29, 1.82) is 0 Å². The van der Waals surface area contributed by atoms with Crippen LogP contribution in [0.5, 0.6) is 0 Å². The standard InChI is InChI=1S/C13H20N4O4/c1-8(6-9(2)18)7-16-13(19)10-4-5-15-12(14-3)11(10)17(20)21/h4-5,8-9,18H,6-7H2,1-3H3,(H,14,15)(H,16,19)/t8-,9+/m1/s1. The van der Waals surface area contributed by atoms with Crippen molar-refractivity contribution in [2.45, 2.75) is 26.4 Å². The Bertz CT molecular complexity index is 519. The number of nitro groups is 1. The van der Waals surface area contributed by atoms with Crippen molar-refractivity contribution >= 4 is 17.4 Å². The summed E-state index contributed by atoms with van der Waals surface area (Å²) in [5.74, 6) is -0.415. The van der Waals surface area contributed by atoms with Gasteiger partial charge in [0, 0.05) is 19.8 Å². The molecule has 0 fully saturated rings. The summed E-state index contributed by atoms with van der Waals surface area (Å²) in [6.07, 6.45) is 1.43. The number of hydrogen-bond acceptors (Lipinski definition) is 6. The van der Waals surface area contributed by atoms with E-state index in [-0.39, 0.29) is 23.0 Å². The van der Waals surface area contributed by atoms with E-state index in [1.54, 1.807) is 6.92 Å². The van der Waals surface area contributed by atoms with Crippen LogP contribution in [0, 0.1) is 16.0 Å². The number of aromatic nitrogens is 1. The zero-order valence-electron chi connectivity index (χ0n) is 12.3. The number of amides is 1. The fraction of sp³-hybridized carbons (Fsp3) is 0.538. The summed E-state index contributed by atoms with van der Waals surface area (Å²) >= 11 is 0. The second-order valence-electron chi connectivity index (χ2n) is 4.96. The van der Waals surface area contributed by atoms with E-state index in [4.69, 9.17) is 0 Å². The van der Waals surface area contributed by atoms with Crippen LogP contribution in [0.25, 0.3) is 0 Å². The van der Waals surface area contributed by atoms with Gasteiger partial charge in [-0.05, 0) is 25.3 Å². The zero-order chi connectivity index (χ0) is 16.0. The molecule has 0 unspecified atom stereocenters. The summed E-state index contributed by atoms with van der Waals surface area (Å²) in [5.41, 5.74) is -0.385. The van der Waals surface area contributed by atoms with Gasteiger partial charge in [-0.15, -0.1) is 0 Å². The summed E-state index contributed by atoms with van der Waals surface area (Å²) < 4.78 is 0. The summed E-state index contributed by atoms with van der Waals surface area (Å²) in [4.78, 5) is 26.4. The Morgan fingerprint density at radius 1 is 1.52 bits per heavy atom. The predicted molar refractivity (Wildman–Crippen MR) is 78.2 cm³/mol. The number of aliphatic hydroxyl groups excluding tert-OH is 1. The average molecular weight is 296 g/mol. The number of anilines is 1. The Hall–Kier alpha value is -2.22. The minimum Gasteiger partial charge on any atom is -0.393 e. The van der Waals surface area contributed by atoms with Gasteiger partial charge < -0.3 is 15.7 Å². The quantitative estimate of drug-likeness (QED) is 0.513. The molecule has 8 heteroatoms. The van der Waals surface area contributed by atoms with Crippen LogP contribution in [0.3, 0.4) is 0 Å². The van der Waals surface area contributed by atoms with Crippen LogP contribution in [0.2, 0.25) is 0 Å². The number of nitrogens with zero attached hydrogens (tertiary/aromatic N) is 2. The van der Waals surface area contributed by atoms with Gasteiger partial charge in [-0.3, -0.25) is 14.9 Å². The molecule has 0 radical (unpaired) electrons. The molecule has 0 saturated carbocycles. The summed E-state index contributed by atoms with van der Waals surface area (Å²) in [7, 11) is 1.50. The van der Waals surface area contributed by atoms with Crippen molar-refractivity contribution < 1.29 is 14.8 Å². The van der Waals surface area contributed by atoms with E-state index in [9.17, 15) is 20.0 Å². The van der Waals surface area contributed by atoms with Gasteiger partial charge in [-0.25, -0.2) is 4.98 Å². The molecule has 1 aromatic heterocycles. The number of carbonyl (C=O) groups excluding carboxylic acids is 1. The molecule has 3 N–H and O–H groups in total. The number of rotatable bonds is 7. The first-order chi connectivity index (χ1) is 9.86. The molecule has 0 aliphatic heterocycles. The van der Waals surface area contributed by atoms with Gasteiger partial charge >= 0.3 is 5.69 Å². The minimum atomic E-state index is -0.632. The molecule has 0 aliphatic carbocycles. The first kappa shape index (κ1) is 16.8. The Morgan fingerprint density at radius 3 is 2.71 bits per heavy atom. The number of nitrogens with one attached hydrogen (secondary N) is 2. The fourth-order valence-corrected chi connectivity index (χ4v) is 2.03. The Kier molecular flexibility index (Phi) is 6.04. The van der Waals surface area contributed by atoms with E-state index in [1.165, 1.54) is 19.3 Å². The third-order valence-corrected chi connectivity index (χ3v) is 2.94. The van der Waals surface area contributed by atoms with Gasteiger partial charge in [0.25, 0.3) is 5.91 Å². The van der Waals surface area contributed by atoms with Crippen molar-refractivity contribution in [1.82, 2.24) is 10.3 Å². The van der Waals surface area contributed by atoms with Gasteiger partial charge in [0.05, 0.1) is 11.0 Å². The van der Waals surface area contributed by atoms with Crippen molar-refractivity contribution in [3.8, 4) is 0 Å². The molecule has 1 aromatic rings. The van der Waals surface area contributed by atoms with Crippen LogP contribution in [-0.4, -0.2) is 40.6 Å². The number of aliphatic hydroxyl groups is 1. The molecule has 8 nitrogen and oxygen atoms in total. The fourth-order valence-electron chi connectivity index (χ4n) is 2.03. The highest BCUT2D eigenvalue weighted by atomic mass is 16.6. The zero-order valence-corrected chi connectivity index (χ0v) is 12.3. The monoisotopic (exact) mass is 296 g/mol. The van der Waals surface area contributed by atoms with Crippen LogP contribution in [0.15, 0.2) is 12.3 Å². The third kappa shape index (κ3) is 4.67. The molecule has 1 heterocycles. The van der Waals surface area contributed by atoms with Crippen molar-refractivity contribution in [3.63, 3.8) is 0 Å². The van der Waals surface area contributed by atoms with E-state index in [0.717, 1.165) is 0 Å². The van der Waals surface area contributed by atoms with E-state index < -0.39 is 16.9 Å². The number of pyridine rings is 1. The largest absolute Gasteiger partial charge is 0.393 e. The van der Waals surface area contributed by atoms with Gasteiger partial charge in [-0.2, -0.15) is 0 Å². The molecule has 21 heavy (non-hydrogen) atoms. The minimum absolute atomic E-state index is 0.0383. The van der Waals surface area contributed by atoms with Crippen LogP contribution < -0.4 is 10.6 Å². The molecule has 1 amide bonds. The van der Waals surface area contributed by atoms with Gasteiger partial charge in [0.15, 0.2) is 0 Å². The normalized spacial score (nSPS) is 13.3. The molecule has 1 rings (SSSR count). The van der Waals surface area contributed by atoms with Crippen molar-refractivity contribution in [2.24, 2.45) is 5.92 Å². The lowest BCUT2D eigenvalue weighted by molar-refractivity contribution is -0.384. The van der Waals surface area contributed by atoms with Gasteiger partial charge in [-0.1, -0.05) is 6.92 Å². The van der Waals surface area contributed by atoms with Gasteiger partial charge in [0.2, 0.25) is 5.82 Å². The van der Waals surface area contributed by atoms with E-state index in [1.807, 2.05) is 6.92 Å². The topological polar surface area (TPSA) is 117 Å². The second-order valence-corrected chi connectivity index (χ2v) is 4.96. The maximum absolute atomic E-state index is 12.1. The van der Waals surface area contributed by atoms with Gasteiger partial charge in [0.1, 0.15) is 5.56 Å². The predicted octanol–water partition coefficient (Wildman–Crippen LogP) is 1.17. The highest BCUT2D eigenvalue weighted by molar-refractivity contribution is 5.99. The van der Waals surface area contributed by atoms with Crippen LogP contribution in [-0.2, 0) is 0 Å². The van der Waals surface area contributed by atoms with E-state index in [2.05, 4.69) is 15.6 Å². The highest BCUT2D eigenvalue weighted by Gasteiger charge is 2.25. The summed E-state index contributed by atoms with van der Waals surface area (Å²) in [6, 6.07) is 1.31. The van der Waals surface area contributed by atoms with Crippen LogP contribution >= 0.6 is 0 Å². The first-order valence-electron chi connectivity index (χ1n) is 6.64. The molecular weight excluding hydrogens is 276 g/mol. The molecule has 0 saturated heterocycles. The molecule has 2 atom stereocenters. The third-order valence-electron chi connectivity index (χ3n) is 2.94. The lowest BCUT2D eigenvalue weighted by atomic mass is 10.0. The molecule has 0 bridgehead atoms. The van der Waals surface area contributed by atoms with Crippen molar-refractivity contribution in [2.75, 3.05) is 18.9 Å². The smallest absolute Gasteiger partial charge is 0.324 e. The Morgan fingerprint density at radius 2 is 2.19 bits per heavy atom. The number of hydrogen-bond donors (Lipinski definition) is 3. The maximum atomic E-state index is 12.1. The van der Waals surface area contributed by atoms with Crippen LogP contribution in [0.1, 0.15) is 30.6 Å². The van der Waals surface area contributed by atoms with E-state index in [0.29, 0.717) is 13.0 Å².